The molecule has 1 aromatic rings. The Morgan fingerprint density at radius 3 is 2.47 bits per heavy atom. The summed E-state index contributed by atoms with van der Waals surface area (Å²) < 4.78 is 0. The van der Waals surface area contributed by atoms with Crippen molar-refractivity contribution in [2.45, 2.75) is 25.3 Å². The Labute approximate surface area is 98.6 Å². The van der Waals surface area contributed by atoms with Gasteiger partial charge in [0, 0.05) is 22.5 Å². The molecule has 80 valence electrons. The monoisotopic (exact) mass is 243 g/mol. The van der Waals surface area contributed by atoms with E-state index in [1.807, 2.05) is 12.1 Å². The first kappa shape index (κ1) is 10.8. The number of hydrogen-bond donors (Lipinski definition) is 1. The summed E-state index contributed by atoms with van der Waals surface area (Å²) in [6, 6.07) is 5.71. The SMILES string of the molecule is O=C1CCC(Cc2cc(Cl)cc(Cl)c2)N1. The fraction of sp³-hybridized carbons (Fsp3) is 0.364. The summed E-state index contributed by atoms with van der Waals surface area (Å²) >= 11 is 11.8. The molecule has 2 rings (SSSR count). The van der Waals surface area contributed by atoms with Crippen LogP contribution < -0.4 is 5.32 Å². The molecular weight excluding hydrogens is 233 g/mol. The number of carbonyl (C=O) groups excluding carboxylic acids is 1. The third-order valence-electron chi connectivity index (χ3n) is 2.49. The van der Waals surface area contributed by atoms with Gasteiger partial charge in [0.2, 0.25) is 5.91 Å². The highest BCUT2D eigenvalue weighted by atomic mass is 35.5. The second-order valence-electron chi connectivity index (χ2n) is 3.78. The number of carbonyl (C=O) groups is 1. The molecule has 0 aromatic heterocycles. The standard InChI is InChI=1S/C11H11Cl2NO/c12-8-3-7(4-9(13)6-8)5-10-1-2-11(15)14-10/h3-4,6,10H,1-2,5H2,(H,14,15). The molecule has 1 amide bonds. The summed E-state index contributed by atoms with van der Waals surface area (Å²) in [7, 11) is 0. The quantitative estimate of drug-likeness (QED) is 0.851. The van der Waals surface area contributed by atoms with Crippen molar-refractivity contribution < 1.29 is 4.79 Å². The van der Waals surface area contributed by atoms with Gasteiger partial charge in [-0.2, -0.15) is 0 Å². The highest BCUT2D eigenvalue weighted by Crippen LogP contribution is 2.21. The lowest BCUT2D eigenvalue weighted by atomic mass is 10.0. The third-order valence-corrected chi connectivity index (χ3v) is 2.93. The van der Waals surface area contributed by atoms with E-state index in [0.717, 1.165) is 18.4 Å². The maximum absolute atomic E-state index is 11.0. The van der Waals surface area contributed by atoms with Gasteiger partial charge in [0.15, 0.2) is 0 Å². The Morgan fingerprint density at radius 1 is 1.27 bits per heavy atom. The summed E-state index contributed by atoms with van der Waals surface area (Å²) in [4.78, 5) is 11.0. The van der Waals surface area contributed by atoms with E-state index in [1.54, 1.807) is 6.07 Å². The maximum Gasteiger partial charge on any atom is 0.220 e. The largest absolute Gasteiger partial charge is 0.353 e. The van der Waals surface area contributed by atoms with Gasteiger partial charge >= 0.3 is 0 Å². The molecule has 1 N–H and O–H groups in total. The van der Waals surface area contributed by atoms with Crippen LogP contribution in [0.25, 0.3) is 0 Å². The van der Waals surface area contributed by atoms with Crippen LogP contribution in [0.4, 0.5) is 0 Å². The van der Waals surface area contributed by atoms with Crippen LogP contribution in [-0.4, -0.2) is 11.9 Å². The van der Waals surface area contributed by atoms with Crippen molar-refractivity contribution in [3.05, 3.63) is 33.8 Å². The lowest BCUT2D eigenvalue weighted by Gasteiger charge is -2.10. The van der Waals surface area contributed by atoms with Gasteiger partial charge in [0.25, 0.3) is 0 Å². The second kappa shape index (κ2) is 4.42. The van der Waals surface area contributed by atoms with E-state index in [0.29, 0.717) is 16.5 Å². The topological polar surface area (TPSA) is 29.1 Å². The van der Waals surface area contributed by atoms with E-state index < -0.39 is 0 Å². The van der Waals surface area contributed by atoms with Crippen molar-refractivity contribution in [1.29, 1.82) is 0 Å². The van der Waals surface area contributed by atoms with Crippen LogP contribution in [0.3, 0.4) is 0 Å². The Kier molecular flexibility index (Phi) is 3.17. The summed E-state index contributed by atoms with van der Waals surface area (Å²) in [5.41, 5.74) is 1.07. The highest BCUT2D eigenvalue weighted by Gasteiger charge is 2.20. The Bertz CT molecular complexity index is 372. The minimum atomic E-state index is 0.133. The van der Waals surface area contributed by atoms with E-state index >= 15 is 0 Å². The van der Waals surface area contributed by atoms with Gasteiger partial charge in [-0.15, -0.1) is 0 Å². The maximum atomic E-state index is 11.0. The van der Waals surface area contributed by atoms with Crippen LogP contribution in [0.5, 0.6) is 0 Å². The fourth-order valence-corrected chi connectivity index (χ4v) is 2.41. The van der Waals surface area contributed by atoms with E-state index in [1.165, 1.54) is 0 Å². The predicted molar refractivity (Wildman–Crippen MR) is 61.3 cm³/mol. The van der Waals surface area contributed by atoms with Gasteiger partial charge in [-0.05, 0) is 36.6 Å². The molecule has 1 atom stereocenters. The molecule has 1 fully saturated rings. The Balaban J connectivity index is 2.07. The molecular formula is C11H11Cl2NO. The van der Waals surface area contributed by atoms with Crippen molar-refractivity contribution in [3.8, 4) is 0 Å². The van der Waals surface area contributed by atoms with E-state index in [4.69, 9.17) is 23.2 Å². The first-order valence-corrected chi connectivity index (χ1v) is 5.63. The van der Waals surface area contributed by atoms with E-state index in [-0.39, 0.29) is 11.9 Å². The lowest BCUT2D eigenvalue weighted by Crippen LogP contribution is -2.27. The second-order valence-corrected chi connectivity index (χ2v) is 4.66. The van der Waals surface area contributed by atoms with Crippen LogP contribution in [-0.2, 0) is 11.2 Å². The zero-order valence-corrected chi connectivity index (χ0v) is 9.61. The first-order valence-electron chi connectivity index (χ1n) is 4.88. The number of nitrogens with one attached hydrogen (secondary N) is 1. The van der Waals surface area contributed by atoms with Gasteiger partial charge in [-0.3, -0.25) is 4.79 Å². The summed E-state index contributed by atoms with van der Waals surface area (Å²) in [5, 5.41) is 4.20. The molecule has 1 aliphatic rings. The van der Waals surface area contributed by atoms with Crippen LogP contribution in [0, 0.1) is 0 Å². The Morgan fingerprint density at radius 2 is 1.93 bits per heavy atom. The molecule has 4 heteroatoms. The van der Waals surface area contributed by atoms with Gasteiger partial charge in [0.1, 0.15) is 0 Å². The summed E-state index contributed by atoms with van der Waals surface area (Å²) in [6.07, 6.45) is 2.31. The number of hydrogen-bond acceptors (Lipinski definition) is 1. The third kappa shape index (κ3) is 2.86. The van der Waals surface area contributed by atoms with Gasteiger partial charge in [0.05, 0.1) is 0 Å². The zero-order valence-electron chi connectivity index (χ0n) is 8.09. The summed E-state index contributed by atoms with van der Waals surface area (Å²) in [6.45, 7) is 0. The number of benzene rings is 1. The minimum Gasteiger partial charge on any atom is -0.353 e. The molecule has 0 bridgehead atoms. The van der Waals surface area contributed by atoms with Gasteiger partial charge < -0.3 is 5.32 Å². The fourth-order valence-electron chi connectivity index (χ4n) is 1.84. The molecule has 2 nitrogen and oxygen atoms in total. The van der Waals surface area contributed by atoms with Crippen molar-refractivity contribution in [1.82, 2.24) is 5.32 Å². The summed E-state index contributed by atoms with van der Waals surface area (Å²) in [5.74, 6) is 0.133. The molecule has 1 aromatic carbocycles. The van der Waals surface area contributed by atoms with Gasteiger partial charge in [-0.1, -0.05) is 23.2 Å². The molecule has 0 spiro atoms. The van der Waals surface area contributed by atoms with E-state index in [2.05, 4.69) is 5.32 Å². The van der Waals surface area contributed by atoms with Crippen LogP contribution in [0.15, 0.2) is 18.2 Å². The van der Waals surface area contributed by atoms with Gasteiger partial charge in [-0.25, -0.2) is 0 Å². The highest BCUT2D eigenvalue weighted by molar-refractivity contribution is 6.34. The number of halogens is 2. The lowest BCUT2D eigenvalue weighted by molar-refractivity contribution is -0.119. The van der Waals surface area contributed by atoms with Crippen LogP contribution in [0.2, 0.25) is 10.0 Å². The number of amides is 1. The molecule has 15 heavy (non-hydrogen) atoms. The van der Waals surface area contributed by atoms with Crippen molar-refractivity contribution in [2.75, 3.05) is 0 Å². The molecule has 1 heterocycles. The smallest absolute Gasteiger partial charge is 0.220 e. The molecule has 0 saturated carbocycles. The van der Waals surface area contributed by atoms with Crippen molar-refractivity contribution in [2.24, 2.45) is 0 Å². The molecule has 0 aliphatic carbocycles. The molecule has 1 saturated heterocycles. The minimum absolute atomic E-state index is 0.133. The Hall–Kier alpha value is -0.730. The normalized spacial score (nSPS) is 20.4. The van der Waals surface area contributed by atoms with Crippen LogP contribution in [0.1, 0.15) is 18.4 Å². The predicted octanol–water partition coefficient (Wildman–Crippen LogP) is 2.81. The van der Waals surface area contributed by atoms with Crippen molar-refractivity contribution >= 4 is 29.1 Å². The molecule has 1 aliphatic heterocycles. The van der Waals surface area contributed by atoms with Crippen molar-refractivity contribution in [3.63, 3.8) is 0 Å². The van der Waals surface area contributed by atoms with Crippen LogP contribution >= 0.6 is 23.2 Å². The first-order chi connectivity index (χ1) is 7.13. The number of rotatable bonds is 2. The zero-order chi connectivity index (χ0) is 10.8. The molecule has 1 unspecified atom stereocenters. The average molecular weight is 244 g/mol. The average Bonchev–Trinajstić information content (AvgIpc) is 2.49. The molecule has 0 radical (unpaired) electrons. The van der Waals surface area contributed by atoms with E-state index in [9.17, 15) is 4.79 Å².